The van der Waals surface area contributed by atoms with Gasteiger partial charge in [-0.05, 0) is 80.0 Å². The Morgan fingerprint density at radius 3 is 2.68 bits per heavy atom. The monoisotopic (exact) mass is 527 g/mol. The average molecular weight is 528 g/mol. The fourth-order valence-corrected chi connectivity index (χ4v) is 5.63. The van der Waals surface area contributed by atoms with Crippen LogP contribution in [-0.2, 0) is 17.8 Å². The number of nitrogens with one attached hydrogen (secondary N) is 2. The van der Waals surface area contributed by atoms with Crippen molar-refractivity contribution in [3.8, 4) is 0 Å². The molecule has 0 saturated carbocycles. The molecular formula is C30H33N5O2S. The SMILES string of the molecule is CCc1ccccc1NC(=O)CCN1C(=S)NC(c2ccccn2)C1c1cc(C)n(Cc2ccco2)c1C. The van der Waals surface area contributed by atoms with E-state index < -0.39 is 0 Å². The van der Waals surface area contributed by atoms with Crippen molar-refractivity contribution in [3.05, 3.63) is 107 Å². The van der Waals surface area contributed by atoms with Crippen LogP contribution in [0.1, 0.15) is 59.4 Å². The van der Waals surface area contributed by atoms with E-state index in [4.69, 9.17) is 16.6 Å². The quantitative estimate of drug-likeness (QED) is 0.272. The number of furan rings is 1. The first kappa shape index (κ1) is 25.7. The Hall–Kier alpha value is -3.91. The van der Waals surface area contributed by atoms with Gasteiger partial charge in [0.05, 0.1) is 30.6 Å². The summed E-state index contributed by atoms with van der Waals surface area (Å²) >= 11 is 5.83. The number of carbonyl (C=O) groups is 1. The zero-order chi connectivity index (χ0) is 26.6. The predicted molar refractivity (Wildman–Crippen MR) is 153 cm³/mol. The van der Waals surface area contributed by atoms with Gasteiger partial charge in [-0.25, -0.2) is 0 Å². The van der Waals surface area contributed by atoms with Gasteiger partial charge in [-0.1, -0.05) is 31.2 Å². The molecule has 38 heavy (non-hydrogen) atoms. The minimum absolute atomic E-state index is 0.0305. The number of thiocarbonyl (C=S) groups is 1. The van der Waals surface area contributed by atoms with Crippen molar-refractivity contribution < 1.29 is 9.21 Å². The molecular weight excluding hydrogens is 494 g/mol. The maximum Gasteiger partial charge on any atom is 0.226 e. The first-order chi connectivity index (χ1) is 18.5. The number of amides is 1. The van der Waals surface area contributed by atoms with E-state index in [0.717, 1.165) is 46.1 Å². The largest absolute Gasteiger partial charge is 0.467 e. The van der Waals surface area contributed by atoms with Crippen molar-refractivity contribution in [1.82, 2.24) is 19.8 Å². The van der Waals surface area contributed by atoms with Crippen molar-refractivity contribution in [1.29, 1.82) is 0 Å². The summed E-state index contributed by atoms with van der Waals surface area (Å²) in [5.74, 6) is 0.873. The Kier molecular flexibility index (Phi) is 7.60. The summed E-state index contributed by atoms with van der Waals surface area (Å²) in [4.78, 5) is 19.8. The van der Waals surface area contributed by atoms with Gasteiger partial charge in [0.2, 0.25) is 5.91 Å². The minimum Gasteiger partial charge on any atom is -0.467 e. The smallest absolute Gasteiger partial charge is 0.226 e. The Morgan fingerprint density at radius 2 is 1.95 bits per heavy atom. The third kappa shape index (κ3) is 5.22. The first-order valence-electron chi connectivity index (χ1n) is 13.0. The number of nitrogens with zero attached hydrogens (tertiary/aromatic N) is 3. The van der Waals surface area contributed by atoms with Crippen LogP contribution in [0.4, 0.5) is 5.69 Å². The number of carbonyl (C=O) groups excluding carboxylic acids is 1. The second-order valence-corrected chi connectivity index (χ2v) is 10.0. The molecule has 0 spiro atoms. The second kappa shape index (κ2) is 11.2. The standard InChI is InChI=1S/C30H33N5O2S/c1-4-22-10-5-6-12-25(22)32-27(36)14-16-34-29(28(33-30(34)38)26-13-7-8-15-31-26)24-18-20(2)35(21(24)3)19-23-11-9-17-37-23/h5-13,15,17-18,28-29H,4,14,16,19H2,1-3H3,(H,32,36)(H,33,38). The summed E-state index contributed by atoms with van der Waals surface area (Å²) in [7, 11) is 0. The van der Waals surface area contributed by atoms with Crippen LogP contribution < -0.4 is 10.6 Å². The normalized spacial score (nSPS) is 17.0. The molecule has 0 aliphatic carbocycles. The molecule has 4 heterocycles. The highest BCUT2D eigenvalue weighted by molar-refractivity contribution is 7.80. The van der Waals surface area contributed by atoms with E-state index in [-0.39, 0.29) is 18.0 Å². The Bertz CT molecular complexity index is 1410. The lowest BCUT2D eigenvalue weighted by atomic mass is 9.96. The van der Waals surface area contributed by atoms with Crippen LogP contribution >= 0.6 is 12.2 Å². The fraction of sp³-hybridized carbons (Fsp3) is 0.300. The second-order valence-electron chi connectivity index (χ2n) is 9.62. The molecule has 2 atom stereocenters. The number of anilines is 1. The Labute approximate surface area is 228 Å². The highest BCUT2D eigenvalue weighted by atomic mass is 32.1. The van der Waals surface area contributed by atoms with Crippen LogP contribution in [-0.4, -0.2) is 32.0 Å². The molecule has 1 amide bonds. The summed E-state index contributed by atoms with van der Waals surface area (Å²) in [6.07, 6.45) is 4.68. The number of aromatic nitrogens is 2. The molecule has 3 aromatic heterocycles. The van der Waals surface area contributed by atoms with E-state index in [1.165, 1.54) is 0 Å². The lowest BCUT2D eigenvalue weighted by molar-refractivity contribution is -0.116. The van der Waals surface area contributed by atoms with Crippen LogP contribution in [0.5, 0.6) is 0 Å². The summed E-state index contributed by atoms with van der Waals surface area (Å²) < 4.78 is 7.88. The number of benzene rings is 1. The number of rotatable bonds is 9. The van der Waals surface area contributed by atoms with Gasteiger partial charge in [-0.3, -0.25) is 9.78 Å². The van der Waals surface area contributed by atoms with Crippen molar-refractivity contribution in [3.63, 3.8) is 0 Å². The molecule has 5 rings (SSSR count). The zero-order valence-corrected chi connectivity index (χ0v) is 22.8. The Balaban J connectivity index is 1.42. The van der Waals surface area contributed by atoms with Crippen LogP contribution in [0, 0.1) is 13.8 Å². The molecule has 4 aromatic rings. The molecule has 1 aromatic carbocycles. The minimum atomic E-state index is -0.134. The third-order valence-corrected chi connectivity index (χ3v) is 7.63. The molecule has 1 aliphatic rings. The van der Waals surface area contributed by atoms with E-state index in [9.17, 15) is 4.79 Å². The van der Waals surface area contributed by atoms with E-state index in [2.05, 4.69) is 51.9 Å². The molecule has 0 radical (unpaired) electrons. The summed E-state index contributed by atoms with van der Waals surface area (Å²) in [6, 6.07) is 19.7. The number of aryl methyl sites for hydroxylation is 2. The van der Waals surface area contributed by atoms with Crippen LogP contribution in [0.25, 0.3) is 0 Å². The van der Waals surface area contributed by atoms with E-state index in [1.807, 2.05) is 54.6 Å². The van der Waals surface area contributed by atoms with E-state index in [0.29, 0.717) is 24.6 Å². The lowest BCUT2D eigenvalue weighted by Crippen LogP contribution is -2.33. The lowest BCUT2D eigenvalue weighted by Gasteiger charge is -2.28. The van der Waals surface area contributed by atoms with Gasteiger partial charge in [-0.2, -0.15) is 0 Å². The third-order valence-electron chi connectivity index (χ3n) is 7.28. The van der Waals surface area contributed by atoms with Gasteiger partial charge in [0.25, 0.3) is 0 Å². The van der Waals surface area contributed by atoms with Gasteiger partial charge in [0.1, 0.15) is 5.76 Å². The molecule has 196 valence electrons. The predicted octanol–water partition coefficient (Wildman–Crippen LogP) is 5.70. The number of para-hydroxylation sites is 1. The average Bonchev–Trinajstić information content (AvgIpc) is 3.63. The van der Waals surface area contributed by atoms with Gasteiger partial charge in [-0.15, -0.1) is 0 Å². The van der Waals surface area contributed by atoms with Crippen LogP contribution in [0.15, 0.2) is 77.5 Å². The molecule has 8 heteroatoms. The van der Waals surface area contributed by atoms with Crippen molar-refractivity contribution in [2.45, 2.75) is 52.2 Å². The zero-order valence-electron chi connectivity index (χ0n) is 22.0. The molecule has 2 N–H and O–H groups in total. The summed E-state index contributed by atoms with van der Waals surface area (Å²) in [5, 5.41) is 7.22. The fourth-order valence-electron chi connectivity index (χ4n) is 5.30. The Morgan fingerprint density at radius 1 is 1.13 bits per heavy atom. The van der Waals surface area contributed by atoms with Crippen molar-refractivity contribution in [2.75, 3.05) is 11.9 Å². The highest BCUT2D eigenvalue weighted by Gasteiger charge is 2.41. The topological polar surface area (TPSA) is 75.3 Å². The molecule has 1 fully saturated rings. The van der Waals surface area contributed by atoms with Gasteiger partial charge in [0.15, 0.2) is 5.11 Å². The molecule has 2 unspecified atom stereocenters. The first-order valence-corrected chi connectivity index (χ1v) is 13.4. The summed E-state index contributed by atoms with van der Waals surface area (Å²) in [5.41, 5.74) is 6.35. The van der Waals surface area contributed by atoms with Crippen LogP contribution in [0.3, 0.4) is 0 Å². The molecule has 1 aliphatic heterocycles. The van der Waals surface area contributed by atoms with Crippen LogP contribution in [0.2, 0.25) is 0 Å². The summed E-state index contributed by atoms with van der Waals surface area (Å²) in [6.45, 7) is 7.47. The number of hydrogen-bond donors (Lipinski definition) is 2. The molecule has 7 nitrogen and oxygen atoms in total. The van der Waals surface area contributed by atoms with Crippen molar-refractivity contribution >= 4 is 28.9 Å². The van der Waals surface area contributed by atoms with Gasteiger partial charge < -0.3 is 24.5 Å². The maximum absolute atomic E-state index is 13.0. The van der Waals surface area contributed by atoms with Gasteiger partial charge in [0, 0.05) is 36.2 Å². The van der Waals surface area contributed by atoms with Crippen molar-refractivity contribution in [2.24, 2.45) is 0 Å². The maximum atomic E-state index is 13.0. The molecule has 1 saturated heterocycles. The number of hydrogen-bond acceptors (Lipinski definition) is 4. The van der Waals surface area contributed by atoms with Gasteiger partial charge >= 0.3 is 0 Å². The number of pyridine rings is 1. The van der Waals surface area contributed by atoms with E-state index >= 15 is 0 Å². The molecule has 0 bridgehead atoms. The highest BCUT2D eigenvalue weighted by Crippen LogP contribution is 2.41. The van der Waals surface area contributed by atoms with E-state index in [1.54, 1.807) is 12.5 Å².